The third-order valence-electron chi connectivity index (χ3n) is 2.93. The van der Waals surface area contributed by atoms with Crippen LogP contribution in [0.3, 0.4) is 0 Å². The minimum absolute atomic E-state index is 0. The highest BCUT2D eigenvalue weighted by molar-refractivity contribution is 14.0. The molecule has 22 heavy (non-hydrogen) atoms. The molecule has 2 N–H and O–H groups in total. The summed E-state index contributed by atoms with van der Waals surface area (Å²) in [6.45, 7) is 6.48. The van der Waals surface area contributed by atoms with E-state index in [0.717, 1.165) is 30.5 Å². The number of aryl methyl sites for hydroxylation is 1. The molecule has 0 radical (unpaired) electrons. The number of aromatic nitrogens is 1. The third kappa shape index (κ3) is 6.74. The van der Waals surface area contributed by atoms with Crippen LogP contribution in [0, 0.1) is 6.92 Å². The monoisotopic (exact) mass is 430 g/mol. The standard InChI is InChI=1S/C16H22N4S.HI/c1-3-17-16(20-12-15-19-11-13(2)21-15)18-10-9-14-7-5-4-6-8-14;/h4-8,11H,3,9-10,12H2,1-2H3,(H2,17,18,20);1H. The van der Waals surface area contributed by atoms with Gasteiger partial charge in [-0.3, -0.25) is 0 Å². The number of nitrogens with zero attached hydrogens (tertiary/aromatic N) is 2. The van der Waals surface area contributed by atoms with Gasteiger partial charge in [0.15, 0.2) is 5.96 Å². The lowest BCUT2D eigenvalue weighted by atomic mass is 10.1. The Morgan fingerprint density at radius 3 is 2.64 bits per heavy atom. The van der Waals surface area contributed by atoms with E-state index in [-0.39, 0.29) is 24.0 Å². The Balaban J connectivity index is 0.00000242. The molecule has 1 aromatic carbocycles. The number of hydrogen-bond acceptors (Lipinski definition) is 3. The topological polar surface area (TPSA) is 49.3 Å². The number of halogens is 1. The SMILES string of the molecule is CCNC(=NCc1ncc(C)s1)NCCc1ccccc1.I. The fraction of sp³-hybridized carbons (Fsp3) is 0.375. The van der Waals surface area contributed by atoms with Crippen LogP contribution in [0.25, 0.3) is 0 Å². The van der Waals surface area contributed by atoms with Crippen molar-refractivity contribution >= 4 is 41.3 Å². The number of aliphatic imine (C=N–C) groups is 1. The molecule has 1 aromatic heterocycles. The quantitative estimate of drug-likeness (QED) is 0.420. The van der Waals surface area contributed by atoms with Gasteiger partial charge < -0.3 is 10.6 Å². The zero-order valence-corrected chi connectivity index (χ0v) is 16.2. The van der Waals surface area contributed by atoms with Gasteiger partial charge in [0, 0.05) is 24.2 Å². The normalized spacial score (nSPS) is 10.9. The van der Waals surface area contributed by atoms with Gasteiger partial charge in [-0.1, -0.05) is 30.3 Å². The van der Waals surface area contributed by atoms with Crippen molar-refractivity contribution in [3.8, 4) is 0 Å². The van der Waals surface area contributed by atoms with Crippen LogP contribution in [-0.2, 0) is 13.0 Å². The van der Waals surface area contributed by atoms with E-state index >= 15 is 0 Å². The van der Waals surface area contributed by atoms with Gasteiger partial charge in [0.05, 0.1) is 6.54 Å². The maximum Gasteiger partial charge on any atom is 0.191 e. The molecule has 6 heteroatoms. The van der Waals surface area contributed by atoms with Crippen molar-refractivity contribution in [2.24, 2.45) is 4.99 Å². The molecule has 1 heterocycles. The van der Waals surface area contributed by atoms with Crippen molar-refractivity contribution in [1.29, 1.82) is 0 Å². The highest BCUT2D eigenvalue weighted by Gasteiger charge is 2.00. The average molecular weight is 430 g/mol. The van der Waals surface area contributed by atoms with E-state index < -0.39 is 0 Å². The predicted octanol–water partition coefficient (Wildman–Crippen LogP) is 3.37. The lowest BCUT2D eigenvalue weighted by molar-refractivity contribution is 0.799. The van der Waals surface area contributed by atoms with Gasteiger partial charge in [0.25, 0.3) is 0 Å². The lowest BCUT2D eigenvalue weighted by Crippen LogP contribution is -2.38. The Morgan fingerprint density at radius 2 is 2.00 bits per heavy atom. The summed E-state index contributed by atoms with van der Waals surface area (Å²) in [5.74, 6) is 0.848. The van der Waals surface area contributed by atoms with Gasteiger partial charge in [0.1, 0.15) is 5.01 Å². The highest BCUT2D eigenvalue weighted by Crippen LogP contribution is 2.11. The highest BCUT2D eigenvalue weighted by atomic mass is 127. The molecule has 2 rings (SSSR count). The number of rotatable bonds is 6. The zero-order chi connectivity index (χ0) is 14.9. The van der Waals surface area contributed by atoms with Crippen molar-refractivity contribution in [3.05, 3.63) is 52.0 Å². The molecule has 0 spiro atoms. The first kappa shape index (κ1) is 18.9. The Kier molecular flexibility index (Phi) is 9.07. The fourth-order valence-corrected chi connectivity index (χ4v) is 2.64. The van der Waals surface area contributed by atoms with Gasteiger partial charge in [-0.15, -0.1) is 35.3 Å². The Bertz CT molecular complexity index is 569. The number of hydrogen-bond donors (Lipinski definition) is 2. The summed E-state index contributed by atoms with van der Waals surface area (Å²) < 4.78 is 0. The molecular weight excluding hydrogens is 407 g/mol. The summed E-state index contributed by atoms with van der Waals surface area (Å²) in [6, 6.07) is 10.5. The van der Waals surface area contributed by atoms with Gasteiger partial charge in [-0.2, -0.15) is 0 Å². The number of guanidine groups is 1. The first-order valence-corrected chi connectivity index (χ1v) is 8.07. The summed E-state index contributed by atoms with van der Waals surface area (Å²) in [5, 5.41) is 7.67. The van der Waals surface area contributed by atoms with Crippen LogP contribution < -0.4 is 10.6 Å². The number of benzene rings is 1. The van der Waals surface area contributed by atoms with Crippen LogP contribution >= 0.6 is 35.3 Å². The molecule has 4 nitrogen and oxygen atoms in total. The van der Waals surface area contributed by atoms with Crippen LogP contribution in [0.5, 0.6) is 0 Å². The van der Waals surface area contributed by atoms with E-state index in [1.165, 1.54) is 10.4 Å². The summed E-state index contributed by atoms with van der Waals surface area (Å²) in [7, 11) is 0. The minimum Gasteiger partial charge on any atom is -0.357 e. The molecule has 120 valence electrons. The maximum absolute atomic E-state index is 4.57. The number of thiazole rings is 1. The molecule has 0 saturated heterocycles. The van der Waals surface area contributed by atoms with E-state index in [0.29, 0.717) is 6.54 Å². The summed E-state index contributed by atoms with van der Waals surface area (Å²) >= 11 is 1.69. The van der Waals surface area contributed by atoms with Crippen LogP contribution in [0.15, 0.2) is 41.5 Å². The molecule has 0 aliphatic rings. The van der Waals surface area contributed by atoms with Crippen LogP contribution in [0.4, 0.5) is 0 Å². The van der Waals surface area contributed by atoms with Gasteiger partial charge in [-0.25, -0.2) is 9.98 Å². The Labute approximate surface area is 153 Å². The Morgan fingerprint density at radius 1 is 1.23 bits per heavy atom. The molecule has 0 atom stereocenters. The van der Waals surface area contributed by atoms with E-state index in [4.69, 9.17) is 0 Å². The second-order valence-corrected chi connectivity index (χ2v) is 6.04. The van der Waals surface area contributed by atoms with Gasteiger partial charge in [0.2, 0.25) is 0 Å². The van der Waals surface area contributed by atoms with Crippen LogP contribution in [-0.4, -0.2) is 24.0 Å². The largest absolute Gasteiger partial charge is 0.357 e. The summed E-state index contributed by atoms with van der Waals surface area (Å²) in [4.78, 5) is 10.1. The predicted molar refractivity (Wildman–Crippen MR) is 105 cm³/mol. The molecule has 2 aromatic rings. The molecular formula is C16H23IN4S. The maximum atomic E-state index is 4.57. The zero-order valence-electron chi connectivity index (χ0n) is 13.0. The van der Waals surface area contributed by atoms with E-state index in [1.54, 1.807) is 11.3 Å². The van der Waals surface area contributed by atoms with Gasteiger partial charge >= 0.3 is 0 Å². The molecule has 0 aliphatic heterocycles. The van der Waals surface area contributed by atoms with Crippen molar-refractivity contribution < 1.29 is 0 Å². The molecule has 0 aliphatic carbocycles. The minimum atomic E-state index is 0. The van der Waals surface area contributed by atoms with Crippen LogP contribution in [0.2, 0.25) is 0 Å². The fourth-order valence-electron chi connectivity index (χ4n) is 1.93. The summed E-state index contributed by atoms with van der Waals surface area (Å²) in [5.41, 5.74) is 1.33. The van der Waals surface area contributed by atoms with Crippen LogP contribution in [0.1, 0.15) is 22.4 Å². The third-order valence-corrected chi connectivity index (χ3v) is 3.83. The molecule has 0 amide bonds. The van der Waals surface area contributed by atoms with Crippen molar-refractivity contribution in [3.63, 3.8) is 0 Å². The Hall–Kier alpha value is -1.15. The molecule has 0 saturated carbocycles. The smallest absolute Gasteiger partial charge is 0.191 e. The van der Waals surface area contributed by atoms with Crippen molar-refractivity contribution in [1.82, 2.24) is 15.6 Å². The second kappa shape index (κ2) is 10.6. The van der Waals surface area contributed by atoms with E-state index in [2.05, 4.69) is 58.7 Å². The van der Waals surface area contributed by atoms with Crippen molar-refractivity contribution in [2.45, 2.75) is 26.8 Å². The average Bonchev–Trinajstić information content (AvgIpc) is 2.91. The van der Waals surface area contributed by atoms with E-state index in [1.807, 2.05) is 12.3 Å². The van der Waals surface area contributed by atoms with Gasteiger partial charge in [-0.05, 0) is 25.8 Å². The molecule has 0 fully saturated rings. The first-order chi connectivity index (χ1) is 10.3. The van der Waals surface area contributed by atoms with E-state index in [9.17, 15) is 0 Å². The summed E-state index contributed by atoms with van der Waals surface area (Å²) in [6.07, 6.45) is 2.88. The lowest BCUT2D eigenvalue weighted by Gasteiger charge is -2.10. The molecule has 0 unspecified atom stereocenters. The first-order valence-electron chi connectivity index (χ1n) is 7.25. The molecule has 0 bridgehead atoms. The second-order valence-electron chi connectivity index (χ2n) is 4.72. The van der Waals surface area contributed by atoms with Crippen molar-refractivity contribution in [2.75, 3.05) is 13.1 Å². The number of nitrogens with one attached hydrogen (secondary N) is 2.